The minimum absolute atomic E-state index is 0.272. The van der Waals surface area contributed by atoms with Crippen molar-refractivity contribution in [2.45, 2.75) is 0 Å². The van der Waals surface area contributed by atoms with Gasteiger partial charge in [-0.3, -0.25) is 4.98 Å². The third-order valence-corrected chi connectivity index (χ3v) is 2.56. The van der Waals surface area contributed by atoms with E-state index in [1.165, 1.54) is 18.3 Å². The van der Waals surface area contributed by atoms with Gasteiger partial charge in [-0.05, 0) is 12.1 Å². The van der Waals surface area contributed by atoms with Crippen LogP contribution in [0.2, 0.25) is 0 Å². The van der Waals surface area contributed by atoms with E-state index in [1.54, 1.807) is 0 Å². The van der Waals surface area contributed by atoms with Crippen molar-refractivity contribution < 1.29 is 4.39 Å². The molecule has 0 saturated heterocycles. The number of rotatable bonds is 1. The van der Waals surface area contributed by atoms with E-state index in [2.05, 4.69) is 20.9 Å². The molecule has 1 aromatic heterocycles. The highest BCUT2D eigenvalue weighted by Gasteiger charge is 2.03. The molecule has 14 heavy (non-hydrogen) atoms. The van der Waals surface area contributed by atoms with Crippen molar-refractivity contribution in [1.82, 2.24) is 4.98 Å². The smallest absolute Gasteiger partial charge is 0.126 e. The Bertz CT molecular complexity index is 457. The van der Waals surface area contributed by atoms with Crippen molar-refractivity contribution in [1.29, 1.82) is 0 Å². The van der Waals surface area contributed by atoms with E-state index < -0.39 is 0 Å². The predicted molar refractivity (Wildman–Crippen MR) is 57.3 cm³/mol. The van der Waals surface area contributed by atoms with E-state index in [0.717, 1.165) is 10.0 Å². The molecule has 2 aromatic rings. The Hall–Kier alpha value is -1.22. The second-order valence-electron chi connectivity index (χ2n) is 2.84. The topological polar surface area (TPSA) is 12.9 Å². The fraction of sp³-hybridized carbons (Fsp3) is 0. The molecule has 1 aromatic carbocycles. The minimum atomic E-state index is -0.272. The summed E-state index contributed by atoms with van der Waals surface area (Å²) >= 11 is 3.40. The lowest BCUT2D eigenvalue weighted by molar-refractivity contribution is 0.626. The number of nitrogens with zero attached hydrogens (tertiary/aromatic N) is 1. The number of hydrogen-bond donors (Lipinski definition) is 0. The summed E-state index contributed by atoms with van der Waals surface area (Å²) in [6.07, 6.45) is 1.46. The van der Waals surface area contributed by atoms with E-state index in [0.29, 0.717) is 5.69 Å². The average Bonchev–Trinajstić information content (AvgIpc) is 2.18. The molecule has 0 saturated carbocycles. The van der Waals surface area contributed by atoms with E-state index in [9.17, 15) is 4.39 Å². The van der Waals surface area contributed by atoms with Crippen LogP contribution < -0.4 is 0 Å². The zero-order valence-electron chi connectivity index (χ0n) is 7.24. The molecule has 1 nitrogen and oxygen atoms in total. The molecular weight excluding hydrogens is 245 g/mol. The molecule has 0 atom stereocenters. The lowest BCUT2D eigenvalue weighted by atomic mass is 10.1. The van der Waals surface area contributed by atoms with Crippen LogP contribution in [0.15, 0.2) is 47.1 Å². The van der Waals surface area contributed by atoms with Crippen LogP contribution in [0.3, 0.4) is 0 Å². The zero-order valence-corrected chi connectivity index (χ0v) is 8.83. The molecule has 0 aliphatic rings. The normalized spacial score (nSPS) is 10.1. The highest BCUT2D eigenvalue weighted by Crippen LogP contribution is 2.26. The maximum atomic E-state index is 12.9. The standard InChI is InChI=1S/C11H7BrFN/c12-10-4-2-1-3-9(10)11-7-8(13)5-6-14-11/h1-7H. The van der Waals surface area contributed by atoms with Gasteiger partial charge in [0.15, 0.2) is 0 Å². The molecule has 1 heterocycles. The number of halogens is 2. The summed E-state index contributed by atoms with van der Waals surface area (Å²) < 4.78 is 13.8. The van der Waals surface area contributed by atoms with Crippen molar-refractivity contribution in [2.24, 2.45) is 0 Å². The van der Waals surface area contributed by atoms with Crippen LogP contribution in [-0.2, 0) is 0 Å². The van der Waals surface area contributed by atoms with Gasteiger partial charge in [-0.2, -0.15) is 0 Å². The van der Waals surface area contributed by atoms with Gasteiger partial charge in [0.1, 0.15) is 5.82 Å². The van der Waals surface area contributed by atoms with E-state index in [1.807, 2.05) is 24.3 Å². The lowest BCUT2D eigenvalue weighted by Crippen LogP contribution is -1.85. The van der Waals surface area contributed by atoms with Crippen LogP contribution in [0.25, 0.3) is 11.3 Å². The molecule has 0 fully saturated rings. The highest BCUT2D eigenvalue weighted by atomic mass is 79.9. The van der Waals surface area contributed by atoms with Crippen molar-refractivity contribution in [3.05, 3.63) is 52.9 Å². The second kappa shape index (κ2) is 3.88. The Kier molecular flexibility index (Phi) is 2.59. The van der Waals surface area contributed by atoms with Crippen LogP contribution in [0.1, 0.15) is 0 Å². The number of hydrogen-bond acceptors (Lipinski definition) is 1. The second-order valence-corrected chi connectivity index (χ2v) is 3.69. The van der Waals surface area contributed by atoms with Gasteiger partial charge in [0, 0.05) is 22.3 Å². The summed E-state index contributed by atoms with van der Waals surface area (Å²) in [6.45, 7) is 0. The number of pyridine rings is 1. The van der Waals surface area contributed by atoms with E-state index >= 15 is 0 Å². The molecule has 0 N–H and O–H groups in total. The van der Waals surface area contributed by atoms with Gasteiger partial charge in [-0.15, -0.1) is 0 Å². The highest BCUT2D eigenvalue weighted by molar-refractivity contribution is 9.10. The Balaban J connectivity index is 2.55. The van der Waals surface area contributed by atoms with Gasteiger partial charge in [-0.1, -0.05) is 34.1 Å². The number of aromatic nitrogens is 1. The molecule has 0 aliphatic carbocycles. The summed E-state index contributed by atoms with van der Waals surface area (Å²) in [5.41, 5.74) is 1.53. The summed E-state index contributed by atoms with van der Waals surface area (Å²) in [6, 6.07) is 10.4. The van der Waals surface area contributed by atoms with Crippen LogP contribution in [0, 0.1) is 5.82 Å². The molecule has 3 heteroatoms. The summed E-state index contributed by atoms with van der Waals surface area (Å²) in [4.78, 5) is 4.10. The maximum Gasteiger partial charge on any atom is 0.126 e. The zero-order chi connectivity index (χ0) is 9.97. The minimum Gasteiger partial charge on any atom is -0.256 e. The summed E-state index contributed by atoms with van der Waals surface area (Å²) in [5, 5.41) is 0. The third kappa shape index (κ3) is 1.82. The van der Waals surface area contributed by atoms with Gasteiger partial charge < -0.3 is 0 Å². The Morgan fingerprint density at radius 2 is 1.93 bits per heavy atom. The molecular formula is C11H7BrFN. The third-order valence-electron chi connectivity index (χ3n) is 1.87. The molecule has 0 amide bonds. The molecule has 0 unspecified atom stereocenters. The monoisotopic (exact) mass is 251 g/mol. The van der Waals surface area contributed by atoms with Gasteiger partial charge in [0.2, 0.25) is 0 Å². The van der Waals surface area contributed by atoms with Crippen LogP contribution in [-0.4, -0.2) is 4.98 Å². The van der Waals surface area contributed by atoms with Crippen LogP contribution >= 0.6 is 15.9 Å². The first-order valence-electron chi connectivity index (χ1n) is 4.14. The maximum absolute atomic E-state index is 12.9. The quantitative estimate of drug-likeness (QED) is 0.754. The van der Waals surface area contributed by atoms with E-state index in [4.69, 9.17) is 0 Å². The summed E-state index contributed by atoms with van der Waals surface area (Å²) in [5.74, 6) is -0.272. The first-order valence-corrected chi connectivity index (χ1v) is 4.93. The molecule has 0 radical (unpaired) electrons. The molecule has 70 valence electrons. The predicted octanol–water partition coefficient (Wildman–Crippen LogP) is 3.65. The number of benzene rings is 1. The largest absolute Gasteiger partial charge is 0.256 e. The Morgan fingerprint density at radius 1 is 1.14 bits per heavy atom. The molecule has 0 bridgehead atoms. The molecule has 2 rings (SSSR count). The van der Waals surface area contributed by atoms with Crippen molar-refractivity contribution in [3.8, 4) is 11.3 Å². The lowest BCUT2D eigenvalue weighted by Gasteiger charge is -2.02. The van der Waals surface area contributed by atoms with Crippen molar-refractivity contribution in [3.63, 3.8) is 0 Å². The van der Waals surface area contributed by atoms with Gasteiger partial charge in [0.25, 0.3) is 0 Å². The van der Waals surface area contributed by atoms with Gasteiger partial charge in [-0.25, -0.2) is 4.39 Å². The Morgan fingerprint density at radius 3 is 2.64 bits per heavy atom. The molecule has 0 aliphatic heterocycles. The van der Waals surface area contributed by atoms with Gasteiger partial charge >= 0.3 is 0 Å². The summed E-state index contributed by atoms with van der Waals surface area (Å²) in [7, 11) is 0. The van der Waals surface area contributed by atoms with Crippen LogP contribution in [0.5, 0.6) is 0 Å². The van der Waals surface area contributed by atoms with Crippen molar-refractivity contribution >= 4 is 15.9 Å². The first kappa shape index (κ1) is 9.34. The average molecular weight is 252 g/mol. The van der Waals surface area contributed by atoms with Crippen LogP contribution in [0.4, 0.5) is 4.39 Å². The molecule has 0 spiro atoms. The SMILES string of the molecule is Fc1ccnc(-c2ccccc2Br)c1. The fourth-order valence-corrected chi connectivity index (χ4v) is 1.71. The van der Waals surface area contributed by atoms with Crippen molar-refractivity contribution in [2.75, 3.05) is 0 Å². The first-order chi connectivity index (χ1) is 6.77. The Labute approximate surface area is 89.7 Å². The fourth-order valence-electron chi connectivity index (χ4n) is 1.22. The van der Waals surface area contributed by atoms with E-state index in [-0.39, 0.29) is 5.82 Å². The van der Waals surface area contributed by atoms with Gasteiger partial charge in [0.05, 0.1) is 5.69 Å².